The maximum atomic E-state index is 4.32. The first-order valence-electron chi connectivity index (χ1n) is 5.45. The second-order valence-electron chi connectivity index (χ2n) is 3.77. The maximum absolute atomic E-state index is 4.32. The molecule has 0 spiro atoms. The fourth-order valence-corrected chi connectivity index (χ4v) is 2.24. The molecule has 5 heteroatoms. The Morgan fingerprint density at radius 2 is 2.31 bits per heavy atom. The highest BCUT2D eigenvalue weighted by molar-refractivity contribution is 7.15. The molecular formula is C11H16N4S. The third-order valence-electron chi connectivity index (χ3n) is 2.16. The van der Waals surface area contributed by atoms with E-state index in [4.69, 9.17) is 0 Å². The Balaban J connectivity index is 1.97. The first-order chi connectivity index (χ1) is 7.78. The zero-order valence-corrected chi connectivity index (χ0v) is 10.4. The van der Waals surface area contributed by atoms with Crippen molar-refractivity contribution in [3.8, 4) is 0 Å². The fraction of sp³-hybridized carbons (Fsp3) is 0.455. The number of nitrogens with one attached hydrogen (secondary N) is 1. The lowest BCUT2D eigenvalue weighted by atomic mass is 10.4. The lowest BCUT2D eigenvalue weighted by Crippen LogP contribution is -1.98. The predicted molar refractivity (Wildman–Crippen MR) is 67.0 cm³/mol. The summed E-state index contributed by atoms with van der Waals surface area (Å²) >= 11 is 1.69. The van der Waals surface area contributed by atoms with Crippen LogP contribution in [-0.4, -0.2) is 21.3 Å². The van der Waals surface area contributed by atoms with Crippen molar-refractivity contribution in [1.29, 1.82) is 0 Å². The number of anilines is 1. The van der Waals surface area contributed by atoms with E-state index in [-0.39, 0.29) is 0 Å². The van der Waals surface area contributed by atoms with Crippen molar-refractivity contribution in [3.05, 3.63) is 29.0 Å². The van der Waals surface area contributed by atoms with Crippen LogP contribution in [-0.2, 0) is 6.54 Å². The predicted octanol–water partition coefficient (Wildman–Crippen LogP) is 2.52. The zero-order chi connectivity index (χ0) is 11.4. The zero-order valence-electron chi connectivity index (χ0n) is 9.60. The maximum Gasteiger partial charge on any atom is 0.182 e. The summed E-state index contributed by atoms with van der Waals surface area (Å²) in [5.74, 6) is 0. The third kappa shape index (κ3) is 2.82. The summed E-state index contributed by atoms with van der Waals surface area (Å²) in [6.07, 6.45) is 6.95. The summed E-state index contributed by atoms with van der Waals surface area (Å²) in [5, 5.41) is 8.54. The Kier molecular flexibility index (Phi) is 3.56. The van der Waals surface area contributed by atoms with Crippen molar-refractivity contribution >= 4 is 16.5 Å². The molecule has 0 unspecified atom stereocenters. The SMILES string of the molecule is CCCNc1ncc(Cn2cc(C)cn2)s1. The number of aryl methyl sites for hydroxylation is 1. The van der Waals surface area contributed by atoms with Crippen LogP contribution in [0.5, 0.6) is 0 Å². The summed E-state index contributed by atoms with van der Waals surface area (Å²) in [5.41, 5.74) is 1.19. The van der Waals surface area contributed by atoms with Crippen LogP contribution < -0.4 is 5.32 Å². The molecule has 0 radical (unpaired) electrons. The van der Waals surface area contributed by atoms with Crippen LogP contribution in [0.25, 0.3) is 0 Å². The summed E-state index contributed by atoms with van der Waals surface area (Å²) in [6, 6.07) is 0. The molecule has 0 bridgehead atoms. The molecular weight excluding hydrogens is 220 g/mol. The van der Waals surface area contributed by atoms with Crippen LogP contribution in [0, 0.1) is 6.92 Å². The monoisotopic (exact) mass is 236 g/mol. The van der Waals surface area contributed by atoms with E-state index in [1.54, 1.807) is 11.3 Å². The molecule has 16 heavy (non-hydrogen) atoms. The van der Waals surface area contributed by atoms with E-state index in [0.717, 1.165) is 24.6 Å². The van der Waals surface area contributed by atoms with Gasteiger partial charge in [0, 0.05) is 23.8 Å². The normalized spacial score (nSPS) is 10.6. The van der Waals surface area contributed by atoms with E-state index >= 15 is 0 Å². The van der Waals surface area contributed by atoms with Gasteiger partial charge in [0.05, 0.1) is 12.7 Å². The van der Waals surface area contributed by atoms with Crippen molar-refractivity contribution in [2.75, 3.05) is 11.9 Å². The lowest BCUT2D eigenvalue weighted by Gasteiger charge is -1.98. The summed E-state index contributed by atoms with van der Waals surface area (Å²) in [7, 11) is 0. The Bertz CT molecular complexity index is 446. The molecule has 0 saturated carbocycles. The minimum Gasteiger partial charge on any atom is -0.362 e. The molecule has 0 atom stereocenters. The summed E-state index contributed by atoms with van der Waals surface area (Å²) in [6.45, 7) is 5.98. The highest BCUT2D eigenvalue weighted by Gasteiger charge is 2.02. The standard InChI is InChI=1S/C11H16N4S/c1-3-4-12-11-13-6-10(16-11)8-15-7-9(2)5-14-15/h5-7H,3-4,8H2,1-2H3,(H,12,13). The smallest absolute Gasteiger partial charge is 0.182 e. The van der Waals surface area contributed by atoms with Gasteiger partial charge in [0.15, 0.2) is 5.13 Å². The Labute approximate surface area is 99.3 Å². The Morgan fingerprint density at radius 1 is 1.44 bits per heavy atom. The Hall–Kier alpha value is -1.36. The lowest BCUT2D eigenvalue weighted by molar-refractivity contribution is 0.693. The molecule has 0 fully saturated rings. The van der Waals surface area contributed by atoms with Gasteiger partial charge in [0.2, 0.25) is 0 Å². The summed E-state index contributed by atoms with van der Waals surface area (Å²) in [4.78, 5) is 5.55. The van der Waals surface area contributed by atoms with E-state index in [2.05, 4.69) is 22.3 Å². The van der Waals surface area contributed by atoms with Gasteiger partial charge in [-0.15, -0.1) is 11.3 Å². The molecule has 0 aromatic carbocycles. The number of rotatable bonds is 5. The second kappa shape index (κ2) is 5.12. The van der Waals surface area contributed by atoms with Crippen LogP contribution in [0.3, 0.4) is 0 Å². The van der Waals surface area contributed by atoms with Crippen LogP contribution >= 0.6 is 11.3 Å². The molecule has 1 N–H and O–H groups in total. The van der Waals surface area contributed by atoms with Gasteiger partial charge in [-0.25, -0.2) is 4.98 Å². The van der Waals surface area contributed by atoms with Gasteiger partial charge in [0.1, 0.15) is 0 Å². The molecule has 4 nitrogen and oxygen atoms in total. The second-order valence-corrected chi connectivity index (χ2v) is 4.89. The minimum atomic E-state index is 0.805. The van der Waals surface area contributed by atoms with Crippen molar-refractivity contribution in [2.45, 2.75) is 26.8 Å². The highest BCUT2D eigenvalue weighted by Crippen LogP contribution is 2.18. The van der Waals surface area contributed by atoms with Crippen LogP contribution in [0.2, 0.25) is 0 Å². The van der Waals surface area contributed by atoms with Gasteiger partial charge >= 0.3 is 0 Å². The Morgan fingerprint density at radius 3 is 3.00 bits per heavy atom. The van der Waals surface area contributed by atoms with E-state index in [1.807, 2.05) is 30.2 Å². The molecule has 2 aromatic heterocycles. The molecule has 2 rings (SSSR count). The van der Waals surface area contributed by atoms with Crippen LogP contribution in [0.15, 0.2) is 18.6 Å². The van der Waals surface area contributed by atoms with Gasteiger partial charge in [-0.1, -0.05) is 6.92 Å². The van der Waals surface area contributed by atoms with Crippen molar-refractivity contribution in [2.24, 2.45) is 0 Å². The molecule has 0 saturated heterocycles. The minimum absolute atomic E-state index is 0.805. The summed E-state index contributed by atoms with van der Waals surface area (Å²) < 4.78 is 1.94. The third-order valence-corrected chi connectivity index (χ3v) is 3.10. The molecule has 86 valence electrons. The average Bonchev–Trinajstić information content (AvgIpc) is 2.86. The van der Waals surface area contributed by atoms with Crippen LogP contribution in [0.4, 0.5) is 5.13 Å². The molecule has 0 aliphatic rings. The molecule has 2 heterocycles. The van der Waals surface area contributed by atoms with Crippen molar-refractivity contribution in [1.82, 2.24) is 14.8 Å². The molecule has 0 amide bonds. The van der Waals surface area contributed by atoms with E-state index in [0.29, 0.717) is 0 Å². The number of hydrogen-bond donors (Lipinski definition) is 1. The number of hydrogen-bond acceptors (Lipinski definition) is 4. The first kappa shape index (κ1) is 11.1. The number of aromatic nitrogens is 3. The largest absolute Gasteiger partial charge is 0.362 e. The quantitative estimate of drug-likeness (QED) is 0.867. The van der Waals surface area contributed by atoms with Gasteiger partial charge in [-0.05, 0) is 18.9 Å². The average molecular weight is 236 g/mol. The highest BCUT2D eigenvalue weighted by atomic mass is 32.1. The van der Waals surface area contributed by atoms with E-state index in [1.165, 1.54) is 10.4 Å². The van der Waals surface area contributed by atoms with E-state index < -0.39 is 0 Å². The first-order valence-corrected chi connectivity index (χ1v) is 6.27. The van der Waals surface area contributed by atoms with Gasteiger partial charge < -0.3 is 5.32 Å². The molecule has 0 aliphatic heterocycles. The van der Waals surface area contributed by atoms with Crippen molar-refractivity contribution in [3.63, 3.8) is 0 Å². The van der Waals surface area contributed by atoms with Crippen molar-refractivity contribution < 1.29 is 0 Å². The van der Waals surface area contributed by atoms with Gasteiger partial charge in [0.25, 0.3) is 0 Å². The fourth-order valence-electron chi connectivity index (χ4n) is 1.41. The molecule has 2 aromatic rings. The van der Waals surface area contributed by atoms with Gasteiger partial charge in [-0.3, -0.25) is 4.68 Å². The van der Waals surface area contributed by atoms with E-state index in [9.17, 15) is 0 Å². The van der Waals surface area contributed by atoms with Gasteiger partial charge in [-0.2, -0.15) is 5.10 Å². The molecule has 0 aliphatic carbocycles. The topological polar surface area (TPSA) is 42.7 Å². The van der Waals surface area contributed by atoms with Crippen LogP contribution in [0.1, 0.15) is 23.8 Å². The number of nitrogens with zero attached hydrogens (tertiary/aromatic N) is 3. The number of thiazole rings is 1.